The number of amides is 1. The Morgan fingerprint density at radius 1 is 1.27 bits per heavy atom. The predicted molar refractivity (Wildman–Crippen MR) is 47.7 cm³/mol. The average Bonchev–Trinajstić information content (AvgIpc) is 2.18. The lowest BCUT2D eigenvalue weighted by atomic mass is 9.98. The number of carbonyl (C=O) groups is 1. The summed E-state index contributed by atoms with van der Waals surface area (Å²) in [7, 11) is 2.60. The fraction of sp³-hybridized carbons (Fsp3) is 0.875. The fourth-order valence-electron chi connectivity index (χ4n) is 1.54. The number of nitrogens with two attached hydrogens (primary N) is 1. The molecule has 0 saturated carbocycles. The summed E-state index contributed by atoms with van der Waals surface area (Å²) in [5.41, 5.74) is 5.02. The highest BCUT2D eigenvalue weighted by Crippen LogP contribution is 2.23. The van der Waals surface area contributed by atoms with Gasteiger partial charge in [-0.2, -0.15) is 0 Å². The van der Waals surface area contributed by atoms with E-state index in [0.717, 1.165) is 0 Å². The summed E-state index contributed by atoms with van der Waals surface area (Å²) in [6.45, 7) is 0. The average molecular weight is 221 g/mol. The highest BCUT2D eigenvalue weighted by atomic mass is 16.7. The number of carbonyl (C=O) groups excluding carboxylic acids is 1. The zero-order valence-electron chi connectivity index (χ0n) is 8.49. The first-order valence-corrected chi connectivity index (χ1v) is 4.39. The Hall–Kier alpha value is -0.730. The first kappa shape index (κ1) is 12.3. The van der Waals surface area contributed by atoms with Gasteiger partial charge in [0.25, 0.3) is 0 Å². The van der Waals surface area contributed by atoms with E-state index in [4.69, 9.17) is 19.9 Å². The van der Waals surface area contributed by atoms with E-state index in [0.29, 0.717) is 0 Å². The van der Waals surface area contributed by atoms with Crippen LogP contribution >= 0.6 is 0 Å². The van der Waals surface area contributed by atoms with Gasteiger partial charge in [-0.3, -0.25) is 4.79 Å². The normalized spacial score (nSPS) is 41.5. The van der Waals surface area contributed by atoms with Gasteiger partial charge in [-0.15, -0.1) is 0 Å². The van der Waals surface area contributed by atoms with Crippen LogP contribution in [0.5, 0.6) is 0 Å². The molecule has 1 rings (SSSR count). The van der Waals surface area contributed by atoms with Gasteiger partial charge < -0.3 is 30.2 Å². The molecule has 1 saturated heterocycles. The number of hydrogen-bond acceptors (Lipinski definition) is 6. The molecule has 4 N–H and O–H groups in total. The second kappa shape index (κ2) is 4.86. The van der Waals surface area contributed by atoms with E-state index >= 15 is 0 Å². The molecule has 7 heteroatoms. The second-order valence-electron chi connectivity index (χ2n) is 3.24. The molecule has 5 unspecified atom stereocenters. The van der Waals surface area contributed by atoms with Gasteiger partial charge in [-0.05, 0) is 0 Å². The van der Waals surface area contributed by atoms with Crippen LogP contribution in [0.1, 0.15) is 0 Å². The van der Waals surface area contributed by atoms with Gasteiger partial charge in [-0.25, -0.2) is 0 Å². The van der Waals surface area contributed by atoms with Crippen molar-refractivity contribution in [3.63, 3.8) is 0 Å². The van der Waals surface area contributed by atoms with E-state index in [-0.39, 0.29) is 0 Å². The lowest BCUT2D eigenvalue weighted by Crippen LogP contribution is -2.61. The first-order chi connectivity index (χ1) is 7.02. The molecule has 5 atom stereocenters. The molecular weight excluding hydrogens is 206 g/mol. The maximum atomic E-state index is 10.9. The summed E-state index contributed by atoms with van der Waals surface area (Å²) in [5, 5.41) is 19.2. The van der Waals surface area contributed by atoms with Crippen LogP contribution in [0.15, 0.2) is 0 Å². The maximum Gasteiger partial charge on any atom is 0.249 e. The fourth-order valence-corrected chi connectivity index (χ4v) is 1.54. The van der Waals surface area contributed by atoms with Gasteiger partial charge in [0.15, 0.2) is 12.4 Å². The van der Waals surface area contributed by atoms with Crippen molar-refractivity contribution in [1.29, 1.82) is 0 Å². The molecule has 0 aromatic carbocycles. The second-order valence-corrected chi connectivity index (χ2v) is 3.24. The van der Waals surface area contributed by atoms with Crippen molar-refractivity contribution in [1.82, 2.24) is 0 Å². The first-order valence-electron chi connectivity index (χ1n) is 4.39. The van der Waals surface area contributed by atoms with Crippen molar-refractivity contribution in [2.75, 3.05) is 14.2 Å². The summed E-state index contributed by atoms with van der Waals surface area (Å²) in [5.74, 6) is -0.835. The minimum atomic E-state index is -1.31. The molecule has 7 nitrogen and oxygen atoms in total. The Morgan fingerprint density at radius 3 is 2.27 bits per heavy atom. The lowest BCUT2D eigenvalue weighted by molar-refractivity contribution is -0.287. The van der Waals surface area contributed by atoms with Crippen molar-refractivity contribution in [2.45, 2.75) is 30.7 Å². The van der Waals surface area contributed by atoms with Crippen LogP contribution < -0.4 is 5.73 Å². The SMILES string of the molecule is COC1OC(C(N)=O)C(O)C(OC)C1O. The Kier molecular flexibility index (Phi) is 4.00. The maximum absolute atomic E-state index is 10.9. The van der Waals surface area contributed by atoms with E-state index in [1.807, 2.05) is 0 Å². The van der Waals surface area contributed by atoms with Crippen LogP contribution in [-0.4, -0.2) is 61.0 Å². The zero-order chi connectivity index (χ0) is 11.6. The van der Waals surface area contributed by atoms with Crippen LogP contribution in [0.25, 0.3) is 0 Å². The molecule has 0 aromatic heterocycles. The third-order valence-corrected chi connectivity index (χ3v) is 2.33. The molecule has 1 heterocycles. The van der Waals surface area contributed by atoms with E-state index in [9.17, 15) is 15.0 Å². The molecule has 0 aromatic rings. The van der Waals surface area contributed by atoms with Crippen LogP contribution in [0.3, 0.4) is 0 Å². The monoisotopic (exact) mass is 221 g/mol. The summed E-state index contributed by atoms with van der Waals surface area (Å²) in [6, 6.07) is 0. The third-order valence-electron chi connectivity index (χ3n) is 2.33. The Morgan fingerprint density at radius 2 is 1.87 bits per heavy atom. The van der Waals surface area contributed by atoms with Gasteiger partial charge in [0.2, 0.25) is 5.91 Å². The van der Waals surface area contributed by atoms with E-state index in [1.54, 1.807) is 0 Å². The van der Waals surface area contributed by atoms with E-state index < -0.39 is 36.6 Å². The number of hydrogen-bond donors (Lipinski definition) is 3. The van der Waals surface area contributed by atoms with Gasteiger partial charge in [0, 0.05) is 14.2 Å². The number of methoxy groups -OCH3 is 2. The topological polar surface area (TPSA) is 111 Å². The molecule has 88 valence electrons. The Bertz CT molecular complexity index is 235. The largest absolute Gasteiger partial charge is 0.387 e. The van der Waals surface area contributed by atoms with Crippen molar-refractivity contribution in [3.8, 4) is 0 Å². The minimum Gasteiger partial charge on any atom is -0.387 e. The molecule has 0 spiro atoms. The van der Waals surface area contributed by atoms with E-state index in [1.165, 1.54) is 14.2 Å². The van der Waals surface area contributed by atoms with Gasteiger partial charge in [0.1, 0.15) is 18.3 Å². The standard InChI is InChI=1S/C8H15NO6/c1-13-5-3(10)6(7(9)12)15-8(14-2)4(5)11/h3-6,8,10-11H,1-2H3,(H2,9,12). The van der Waals surface area contributed by atoms with Gasteiger partial charge >= 0.3 is 0 Å². The molecule has 1 aliphatic heterocycles. The van der Waals surface area contributed by atoms with Crippen molar-refractivity contribution in [2.24, 2.45) is 5.73 Å². The number of primary amides is 1. The summed E-state index contributed by atoms with van der Waals surface area (Å²) in [6.07, 6.45) is -5.75. The van der Waals surface area contributed by atoms with Crippen molar-refractivity contribution >= 4 is 5.91 Å². The van der Waals surface area contributed by atoms with Crippen LogP contribution in [-0.2, 0) is 19.0 Å². The minimum absolute atomic E-state index is 0.835. The number of aliphatic hydroxyl groups is 2. The number of rotatable bonds is 3. The molecule has 1 fully saturated rings. The Labute approximate surface area is 86.7 Å². The highest BCUT2D eigenvalue weighted by Gasteiger charge is 2.47. The van der Waals surface area contributed by atoms with Crippen LogP contribution in [0, 0.1) is 0 Å². The smallest absolute Gasteiger partial charge is 0.249 e. The third kappa shape index (κ3) is 2.27. The van der Waals surface area contributed by atoms with Crippen LogP contribution in [0.2, 0.25) is 0 Å². The molecule has 1 aliphatic rings. The number of ether oxygens (including phenoxy) is 3. The van der Waals surface area contributed by atoms with Gasteiger partial charge in [-0.1, -0.05) is 0 Å². The summed E-state index contributed by atoms with van der Waals surface area (Å²) in [4.78, 5) is 10.9. The highest BCUT2D eigenvalue weighted by molar-refractivity contribution is 5.79. The van der Waals surface area contributed by atoms with Gasteiger partial charge in [0.05, 0.1) is 0 Å². The van der Waals surface area contributed by atoms with Crippen molar-refractivity contribution in [3.05, 3.63) is 0 Å². The molecule has 0 bridgehead atoms. The lowest BCUT2D eigenvalue weighted by Gasteiger charge is -2.39. The number of aliphatic hydroxyl groups excluding tert-OH is 2. The Balaban J connectivity index is 2.84. The molecule has 1 amide bonds. The molecule has 15 heavy (non-hydrogen) atoms. The van der Waals surface area contributed by atoms with Crippen molar-refractivity contribution < 1.29 is 29.2 Å². The summed E-state index contributed by atoms with van der Waals surface area (Å²) < 4.78 is 14.6. The van der Waals surface area contributed by atoms with Crippen LogP contribution in [0.4, 0.5) is 0 Å². The van der Waals surface area contributed by atoms with E-state index in [2.05, 4.69) is 0 Å². The zero-order valence-corrected chi connectivity index (χ0v) is 8.49. The quantitative estimate of drug-likeness (QED) is 0.489. The molecular formula is C8H15NO6. The molecule has 0 aliphatic carbocycles. The predicted octanol–water partition coefficient (Wildman–Crippen LogP) is -2.42. The summed E-state index contributed by atoms with van der Waals surface area (Å²) >= 11 is 0. The molecule has 0 radical (unpaired) electrons.